The van der Waals surface area contributed by atoms with Crippen LogP contribution >= 0.6 is 0 Å². The topological polar surface area (TPSA) is 12.5 Å². The van der Waals surface area contributed by atoms with Crippen molar-refractivity contribution in [1.82, 2.24) is 4.90 Å². The number of nitrogens with zero attached hydrogens (tertiary/aromatic N) is 2. The molecule has 0 bridgehead atoms. The quantitative estimate of drug-likeness (QED) is 0.525. The van der Waals surface area contributed by atoms with E-state index in [9.17, 15) is 0 Å². The molecule has 1 fully saturated rings. The molecule has 1 saturated heterocycles. The molecule has 0 aromatic heterocycles. The van der Waals surface area contributed by atoms with E-state index in [2.05, 4.69) is 19.0 Å². The second-order valence-electron chi connectivity index (χ2n) is 3.79. The molecule has 0 unspecified atom stereocenters. The second-order valence-corrected chi connectivity index (χ2v) is 3.79. The molecule has 0 spiro atoms. The first-order valence-electron chi connectivity index (χ1n) is 4.17. The van der Waals surface area contributed by atoms with Gasteiger partial charge in [0.2, 0.25) is 0 Å². The van der Waals surface area contributed by atoms with Crippen LogP contribution in [-0.2, 0) is 4.74 Å². The number of rotatable bonds is 2. The minimum Gasteiger partial charge on any atom is -0.335 e. The van der Waals surface area contributed by atoms with E-state index in [0.717, 1.165) is 11.2 Å². The highest BCUT2D eigenvalue weighted by atomic mass is 16.5. The fraction of sp³-hybridized carbons (Fsp3) is 1.00. The Hall–Kier alpha value is -0.120. The van der Waals surface area contributed by atoms with E-state index in [1.807, 2.05) is 0 Å². The van der Waals surface area contributed by atoms with E-state index in [4.69, 9.17) is 4.74 Å². The number of hydrogen-bond acceptors (Lipinski definition) is 2. The maximum Gasteiger partial charge on any atom is 0.182 e. The number of hydrogen-bond donors (Lipinski definition) is 0. The maximum atomic E-state index is 5.17. The van der Waals surface area contributed by atoms with Gasteiger partial charge in [-0.2, -0.15) is 0 Å². The summed E-state index contributed by atoms with van der Waals surface area (Å²) in [6.07, 6.45) is 0. The standard InChI is InChI=1S/C8H19N2O/c1-9-4-6-10(2,7-5-9)8-11-3/h4-8H2,1-3H3/q+1. The number of likely N-dealkylation sites (N-methyl/N-ethyl adjacent to an activating group) is 2. The van der Waals surface area contributed by atoms with Gasteiger partial charge < -0.3 is 9.22 Å². The van der Waals surface area contributed by atoms with Crippen molar-refractivity contribution >= 4 is 0 Å². The Morgan fingerprint density at radius 3 is 2.36 bits per heavy atom. The van der Waals surface area contributed by atoms with Crippen LogP contribution in [0.3, 0.4) is 0 Å². The Labute approximate surface area is 69.1 Å². The van der Waals surface area contributed by atoms with Crippen molar-refractivity contribution in [2.45, 2.75) is 0 Å². The summed E-state index contributed by atoms with van der Waals surface area (Å²) in [6, 6.07) is 0. The van der Waals surface area contributed by atoms with E-state index < -0.39 is 0 Å². The Kier molecular flexibility index (Phi) is 2.87. The lowest BCUT2D eigenvalue weighted by molar-refractivity contribution is -0.931. The van der Waals surface area contributed by atoms with Gasteiger partial charge >= 0.3 is 0 Å². The van der Waals surface area contributed by atoms with Crippen LogP contribution in [0.1, 0.15) is 0 Å². The molecule has 66 valence electrons. The predicted molar refractivity (Wildman–Crippen MR) is 45.3 cm³/mol. The Morgan fingerprint density at radius 1 is 1.36 bits per heavy atom. The highest BCUT2D eigenvalue weighted by Crippen LogP contribution is 2.07. The van der Waals surface area contributed by atoms with E-state index in [-0.39, 0.29) is 0 Å². The number of quaternary nitrogens is 1. The van der Waals surface area contributed by atoms with Gasteiger partial charge in [0.05, 0.1) is 20.1 Å². The molecule has 0 atom stereocenters. The maximum absolute atomic E-state index is 5.17. The highest BCUT2D eigenvalue weighted by molar-refractivity contribution is 4.56. The summed E-state index contributed by atoms with van der Waals surface area (Å²) in [7, 11) is 6.22. The summed E-state index contributed by atoms with van der Waals surface area (Å²) in [6.45, 7) is 5.67. The van der Waals surface area contributed by atoms with Gasteiger partial charge in [0.25, 0.3) is 0 Å². The van der Waals surface area contributed by atoms with Gasteiger partial charge in [0, 0.05) is 20.2 Å². The van der Waals surface area contributed by atoms with Crippen molar-refractivity contribution < 1.29 is 9.22 Å². The normalized spacial score (nSPS) is 25.4. The highest BCUT2D eigenvalue weighted by Gasteiger charge is 2.26. The lowest BCUT2D eigenvalue weighted by Crippen LogP contribution is -2.56. The summed E-state index contributed by atoms with van der Waals surface area (Å²) in [5, 5.41) is 0. The molecule has 0 radical (unpaired) electrons. The first-order chi connectivity index (χ1) is 5.16. The van der Waals surface area contributed by atoms with E-state index in [0.29, 0.717) is 0 Å². The molecule has 1 aliphatic rings. The van der Waals surface area contributed by atoms with Crippen LogP contribution < -0.4 is 0 Å². The van der Waals surface area contributed by atoms with E-state index >= 15 is 0 Å². The van der Waals surface area contributed by atoms with Crippen molar-refractivity contribution in [3.63, 3.8) is 0 Å². The molecule has 1 heterocycles. The monoisotopic (exact) mass is 159 g/mol. The average molecular weight is 159 g/mol. The molecule has 0 aromatic rings. The summed E-state index contributed by atoms with van der Waals surface area (Å²) in [5.41, 5.74) is 0. The van der Waals surface area contributed by atoms with E-state index in [1.54, 1.807) is 7.11 Å². The Bertz CT molecular complexity index is 119. The minimum absolute atomic E-state index is 0.855. The van der Waals surface area contributed by atoms with Gasteiger partial charge in [0.15, 0.2) is 6.73 Å². The zero-order chi connectivity index (χ0) is 8.32. The molecule has 0 aliphatic carbocycles. The summed E-state index contributed by atoms with van der Waals surface area (Å²) in [5.74, 6) is 0. The molecule has 3 nitrogen and oxygen atoms in total. The van der Waals surface area contributed by atoms with Crippen molar-refractivity contribution in [3.05, 3.63) is 0 Å². The molecule has 1 aliphatic heterocycles. The van der Waals surface area contributed by atoms with Gasteiger partial charge in [-0.3, -0.25) is 4.90 Å². The average Bonchev–Trinajstić information content (AvgIpc) is 1.97. The lowest BCUT2D eigenvalue weighted by atomic mass is 10.3. The second kappa shape index (κ2) is 3.52. The molecular formula is C8H19N2O+. The van der Waals surface area contributed by atoms with Gasteiger partial charge in [-0.25, -0.2) is 0 Å². The van der Waals surface area contributed by atoms with Gasteiger partial charge in [-0.05, 0) is 7.05 Å². The number of ether oxygens (including phenoxy) is 1. The first kappa shape index (κ1) is 8.97. The minimum atomic E-state index is 0.855. The number of piperazine rings is 1. The smallest absolute Gasteiger partial charge is 0.182 e. The van der Waals surface area contributed by atoms with Crippen LogP contribution in [0.5, 0.6) is 0 Å². The Balaban J connectivity index is 2.35. The lowest BCUT2D eigenvalue weighted by Gasteiger charge is -2.39. The molecule has 0 aromatic carbocycles. The van der Waals surface area contributed by atoms with Crippen molar-refractivity contribution in [1.29, 1.82) is 0 Å². The third-order valence-corrected chi connectivity index (χ3v) is 2.48. The van der Waals surface area contributed by atoms with Crippen LogP contribution in [0.4, 0.5) is 0 Å². The Morgan fingerprint density at radius 2 is 1.91 bits per heavy atom. The zero-order valence-corrected chi connectivity index (χ0v) is 7.84. The predicted octanol–water partition coefficient (Wildman–Crippen LogP) is -0.0177. The summed E-state index contributed by atoms with van der Waals surface area (Å²) in [4.78, 5) is 2.37. The first-order valence-corrected chi connectivity index (χ1v) is 4.17. The molecule has 11 heavy (non-hydrogen) atoms. The van der Waals surface area contributed by atoms with Crippen LogP contribution in [0.15, 0.2) is 0 Å². The van der Waals surface area contributed by atoms with Gasteiger partial charge in [0.1, 0.15) is 0 Å². The van der Waals surface area contributed by atoms with Gasteiger partial charge in [-0.15, -0.1) is 0 Å². The zero-order valence-electron chi connectivity index (χ0n) is 7.84. The van der Waals surface area contributed by atoms with Crippen molar-refractivity contribution in [2.75, 3.05) is 54.1 Å². The van der Waals surface area contributed by atoms with Crippen LogP contribution in [0.25, 0.3) is 0 Å². The van der Waals surface area contributed by atoms with Crippen LogP contribution in [0.2, 0.25) is 0 Å². The van der Waals surface area contributed by atoms with Crippen molar-refractivity contribution in [2.24, 2.45) is 0 Å². The fourth-order valence-electron chi connectivity index (χ4n) is 1.49. The summed E-state index contributed by atoms with van der Waals surface area (Å²) < 4.78 is 6.24. The molecule has 3 heteroatoms. The molecular weight excluding hydrogens is 140 g/mol. The molecule has 0 amide bonds. The third-order valence-electron chi connectivity index (χ3n) is 2.48. The number of methoxy groups -OCH3 is 1. The van der Waals surface area contributed by atoms with Gasteiger partial charge in [-0.1, -0.05) is 0 Å². The molecule has 1 rings (SSSR count). The summed E-state index contributed by atoms with van der Waals surface area (Å²) >= 11 is 0. The fourth-order valence-corrected chi connectivity index (χ4v) is 1.49. The van der Waals surface area contributed by atoms with Crippen LogP contribution in [0, 0.1) is 0 Å². The van der Waals surface area contributed by atoms with E-state index in [1.165, 1.54) is 26.2 Å². The molecule has 0 N–H and O–H groups in total. The van der Waals surface area contributed by atoms with Crippen LogP contribution in [-0.4, -0.2) is 63.5 Å². The molecule has 0 saturated carbocycles. The van der Waals surface area contributed by atoms with Crippen molar-refractivity contribution in [3.8, 4) is 0 Å². The SMILES string of the molecule is COC[N+]1(C)CCN(C)CC1. The third kappa shape index (κ3) is 2.43. The largest absolute Gasteiger partial charge is 0.335 e.